The van der Waals surface area contributed by atoms with E-state index in [0.717, 1.165) is 38.5 Å². The van der Waals surface area contributed by atoms with E-state index in [-0.39, 0.29) is 72.0 Å². The van der Waals surface area contributed by atoms with Crippen LogP contribution in [0.5, 0.6) is 0 Å². The molecule has 0 bridgehead atoms. The van der Waals surface area contributed by atoms with Crippen molar-refractivity contribution >= 4 is 35.8 Å². The molecule has 340 valence electrons. The Bertz CT molecular complexity index is 996. The molecule has 0 aromatic rings. The van der Waals surface area contributed by atoms with Crippen LogP contribution in [0.4, 0.5) is 0 Å². The third-order valence-corrected chi connectivity index (χ3v) is 10.0. The van der Waals surface area contributed by atoms with Gasteiger partial charge >= 0.3 is 83.0 Å². The first-order chi connectivity index (χ1) is 27.8. The molecule has 0 fully saturated rings. The van der Waals surface area contributed by atoms with Crippen LogP contribution in [0.3, 0.4) is 0 Å². The summed E-state index contributed by atoms with van der Waals surface area (Å²) in [6, 6.07) is 0. The van der Waals surface area contributed by atoms with E-state index >= 15 is 0 Å². The van der Waals surface area contributed by atoms with Gasteiger partial charge in [-0.2, -0.15) is 0 Å². The third kappa shape index (κ3) is 42.1. The summed E-state index contributed by atoms with van der Waals surface area (Å²) in [7, 11) is 0. The Morgan fingerprint density at radius 2 is 0.567 bits per heavy atom. The van der Waals surface area contributed by atoms with Crippen molar-refractivity contribution in [2.45, 2.75) is 244 Å². The molecular weight excluding hydrogens is 798 g/mol. The van der Waals surface area contributed by atoms with Crippen LogP contribution in [0.25, 0.3) is 0 Å². The molecule has 4 unspecified atom stereocenters. The maximum Gasteiger partial charge on any atom is 1.00 e. The molecule has 4 N–H and O–H groups in total. The fraction of sp³-hybridized carbons (Fsp3) is 0.864. The van der Waals surface area contributed by atoms with Gasteiger partial charge in [0, 0.05) is 12.8 Å². The largest absolute Gasteiger partial charge is 1.00 e. The second kappa shape index (κ2) is 47.2. The molecule has 0 aliphatic rings. The van der Waals surface area contributed by atoms with Crippen LogP contribution in [0.2, 0.25) is 0 Å². The minimum Gasteiger partial charge on any atom is -0.547 e. The number of aliphatic carboxylic acids is 4. The van der Waals surface area contributed by atoms with Crippen molar-refractivity contribution < 1.29 is 128 Å². The number of ether oxygens (including phenoxy) is 2. The van der Waals surface area contributed by atoms with Crippen molar-refractivity contribution in [3.05, 3.63) is 0 Å². The van der Waals surface area contributed by atoms with Gasteiger partial charge in [-0.1, -0.05) is 194 Å². The van der Waals surface area contributed by atoms with E-state index in [4.69, 9.17) is 10.2 Å². The van der Waals surface area contributed by atoms with Gasteiger partial charge in [-0.25, -0.2) is 9.59 Å². The number of rotatable bonds is 40. The molecule has 0 aliphatic heterocycles. The summed E-state index contributed by atoms with van der Waals surface area (Å²) in [6.45, 7) is 4.47. The molecule has 0 amide bonds. The molecular formula is C44H78Na2O14. The summed E-state index contributed by atoms with van der Waals surface area (Å²) < 4.78 is 9.09. The Kier molecular flexibility index (Phi) is 51.4. The standard InChI is InChI=1S/2C22H40O7.2Na/c2*1-2-3-4-5-6-7-8-9-10-11-12-13-14-15-16-17-18(23)29-20(22(27)28)19(24)21(25)26;;/h2*19-20,24H,2-17H2,1H3,(H,25,26)(H,27,28);;/q;;2*+1/p-2. The average Bonchev–Trinajstić information content (AvgIpc) is 3.18. The van der Waals surface area contributed by atoms with Crippen molar-refractivity contribution in [2.75, 3.05) is 0 Å². The second-order valence-corrected chi connectivity index (χ2v) is 15.4. The van der Waals surface area contributed by atoms with Crippen LogP contribution < -0.4 is 69.3 Å². The molecule has 0 aromatic carbocycles. The summed E-state index contributed by atoms with van der Waals surface area (Å²) in [4.78, 5) is 66.0. The van der Waals surface area contributed by atoms with Crippen molar-refractivity contribution in [1.29, 1.82) is 0 Å². The maximum absolute atomic E-state index is 11.6. The number of hydrogen-bond acceptors (Lipinski definition) is 12. The molecule has 0 saturated heterocycles. The van der Waals surface area contributed by atoms with Gasteiger partial charge in [-0.3, -0.25) is 9.59 Å². The fourth-order valence-corrected chi connectivity index (χ4v) is 6.43. The molecule has 0 heterocycles. The number of carbonyl (C=O) groups excluding carboxylic acids is 4. The van der Waals surface area contributed by atoms with Crippen molar-refractivity contribution in [2.24, 2.45) is 0 Å². The van der Waals surface area contributed by atoms with Crippen LogP contribution in [0.1, 0.15) is 219 Å². The van der Waals surface area contributed by atoms with Gasteiger partial charge in [0.2, 0.25) is 12.2 Å². The van der Waals surface area contributed by atoms with E-state index < -0.39 is 60.2 Å². The van der Waals surface area contributed by atoms with Gasteiger partial charge in [-0.05, 0) is 12.8 Å². The van der Waals surface area contributed by atoms with Crippen LogP contribution in [0, 0.1) is 0 Å². The summed E-state index contributed by atoms with van der Waals surface area (Å²) in [5.74, 6) is -9.06. The second-order valence-electron chi connectivity index (χ2n) is 15.4. The first kappa shape index (κ1) is 65.4. The zero-order valence-electron chi connectivity index (χ0n) is 37.8. The molecule has 14 nitrogen and oxygen atoms in total. The monoisotopic (exact) mass is 877 g/mol. The van der Waals surface area contributed by atoms with Crippen molar-refractivity contribution in [3.8, 4) is 0 Å². The predicted molar refractivity (Wildman–Crippen MR) is 216 cm³/mol. The van der Waals surface area contributed by atoms with Crippen LogP contribution in [-0.4, -0.2) is 80.7 Å². The van der Waals surface area contributed by atoms with Crippen LogP contribution in [-0.2, 0) is 38.2 Å². The van der Waals surface area contributed by atoms with Crippen LogP contribution >= 0.6 is 0 Å². The van der Waals surface area contributed by atoms with Gasteiger partial charge < -0.3 is 49.7 Å². The van der Waals surface area contributed by atoms with E-state index in [2.05, 4.69) is 23.3 Å². The Labute approximate surface area is 404 Å². The Morgan fingerprint density at radius 1 is 0.383 bits per heavy atom. The molecule has 0 saturated carbocycles. The number of carboxylic acids is 4. The average molecular weight is 877 g/mol. The van der Waals surface area contributed by atoms with Gasteiger partial charge in [-0.15, -0.1) is 0 Å². The molecule has 0 radical (unpaired) electrons. The summed E-state index contributed by atoms with van der Waals surface area (Å²) >= 11 is 0. The number of aliphatic hydroxyl groups is 2. The molecule has 0 aliphatic carbocycles. The van der Waals surface area contributed by atoms with E-state index in [9.17, 15) is 49.2 Å². The minimum atomic E-state index is -2.38. The molecule has 16 heteroatoms. The number of esters is 2. The number of unbranched alkanes of at least 4 members (excludes halogenated alkanes) is 28. The van der Waals surface area contributed by atoms with Gasteiger partial charge in [0.25, 0.3) is 0 Å². The Balaban J connectivity index is -0.000000506. The van der Waals surface area contributed by atoms with E-state index in [1.807, 2.05) is 0 Å². The molecule has 0 spiro atoms. The predicted octanol–water partition coefficient (Wildman–Crippen LogP) is 0.718. The van der Waals surface area contributed by atoms with E-state index in [0.29, 0.717) is 12.8 Å². The maximum atomic E-state index is 11.6. The zero-order chi connectivity index (χ0) is 43.8. The van der Waals surface area contributed by atoms with Gasteiger partial charge in [0.15, 0.2) is 0 Å². The number of hydrogen-bond donors (Lipinski definition) is 4. The van der Waals surface area contributed by atoms with Crippen molar-refractivity contribution in [1.82, 2.24) is 0 Å². The molecule has 0 aromatic heterocycles. The zero-order valence-corrected chi connectivity index (χ0v) is 41.8. The van der Waals surface area contributed by atoms with E-state index in [1.165, 1.54) is 141 Å². The van der Waals surface area contributed by atoms with E-state index in [1.54, 1.807) is 0 Å². The van der Waals surface area contributed by atoms with Crippen LogP contribution in [0.15, 0.2) is 0 Å². The SMILES string of the molecule is CCCCCCCCCCCCCCCCCC(=O)OC(C(=O)O)C(O)C(=O)[O-].CCCCCCCCCCCCCCCCCC(=O)OC(C(=O)O)C(O)C(=O)[O-].[Na+].[Na+]. The number of carboxylic acid groups (broad SMARTS) is 4. The quantitative estimate of drug-likeness (QED) is 0.0377. The first-order valence-electron chi connectivity index (χ1n) is 22.4. The normalized spacial score (nSPS) is 12.6. The Hall–Kier alpha value is -1.26. The Morgan fingerprint density at radius 3 is 0.733 bits per heavy atom. The topological polar surface area (TPSA) is 248 Å². The molecule has 0 rings (SSSR count). The number of carbonyl (C=O) groups is 6. The molecule has 4 atom stereocenters. The smallest absolute Gasteiger partial charge is 0.547 e. The first-order valence-corrected chi connectivity index (χ1v) is 22.4. The minimum absolute atomic E-state index is 0. The van der Waals surface area contributed by atoms with Gasteiger partial charge in [0.05, 0.1) is 11.9 Å². The van der Waals surface area contributed by atoms with Gasteiger partial charge in [0.1, 0.15) is 12.2 Å². The van der Waals surface area contributed by atoms with Crippen molar-refractivity contribution in [3.63, 3.8) is 0 Å². The third-order valence-electron chi connectivity index (χ3n) is 10.0. The summed E-state index contributed by atoms with van der Waals surface area (Å²) in [6.07, 6.45) is 26.8. The number of aliphatic hydroxyl groups excluding tert-OH is 2. The fourth-order valence-electron chi connectivity index (χ4n) is 6.43. The summed E-state index contributed by atoms with van der Waals surface area (Å²) in [5.41, 5.74) is 0. The summed E-state index contributed by atoms with van der Waals surface area (Å²) in [5, 5.41) is 57.0. The molecule has 60 heavy (non-hydrogen) atoms.